The van der Waals surface area contributed by atoms with Gasteiger partial charge in [0, 0.05) is 31.3 Å². The van der Waals surface area contributed by atoms with Crippen LogP contribution in [0.2, 0.25) is 5.02 Å². The fourth-order valence-electron chi connectivity index (χ4n) is 8.91. The first-order valence-electron chi connectivity index (χ1n) is 29.6. The lowest BCUT2D eigenvalue weighted by atomic mass is 9.98. The first-order valence-corrected chi connectivity index (χ1v) is 31.4. The van der Waals surface area contributed by atoms with E-state index in [4.69, 9.17) is 30.5 Å². The lowest BCUT2D eigenvalue weighted by molar-refractivity contribution is -0.119. The molecule has 0 aliphatic carbocycles. The minimum atomic E-state index is -3.67. The van der Waals surface area contributed by atoms with Crippen molar-refractivity contribution < 1.29 is 51.3 Å². The SMILES string of the molecule is CCCCCCCCCCCCCCCCOc1ccc(C(=O)C(C)C(=O)Nc2ccc(S(=O)(=O)N(C)C)cc2OC)cc1.CCCCCCCCCCCCOC(=O)c1ccc(Cl)c(NC(=O)C(C)C(=O)c2ccc(OC)cc2)c1. The zero-order chi connectivity index (χ0) is 59.4. The number of methoxy groups -OCH3 is 2. The van der Waals surface area contributed by atoms with Crippen LogP contribution in [0.4, 0.5) is 11.4 Å². The molecule has 0 aliphatic rings. The minimum absolute atomic E-state index is 0.0353. The standard InChI is InChI=1S/C35H54N2O6S.C30H40ClNO5/c1-6-7-8-9-10-11-12-13-14-15-16-17-18-19-26-43-30-22-20-29(21-23-30)34(38)28(2)35(39)36-32-25-24-31(27-33(32)42-5)44(40,41)37(3)4;1-4-5-6-7-8-9-10-11-12-13-20-37-30(35)24-16-19-26(31)27(21-24)32-29(34)22(2)28(33)23-14-17-25(36-3)18-15-23/h20-25,27-28H,6-19,26H2,1-5H3,(H,36,39);14-19,21-22H,4-13,20H2,1-3H3,(H,32,34). The molecule has 14 nitrogen and oxygen atoms in total. The molecular weight excluding hydrogens is 1070 g/mol. The number of anilines is 2. The number of hydrogen-bond donors (Lipinski definition) is 2. The second-order valence-corrected chi connectivity index (χ2v) is 23.6. The normalized spacial score (nSPS) is 11.9. The molecule has 0 saturated carbocycles. The maximum absolute atomic E-state index is 13.0. The van der Waals surface area contributed by atoms with Crippen molar-refractivity contribution >= 4 is 62.3 Å². The van der Waals surface area contributed by atoms with Gasteiger partial charge in [-0.1, -0.05) is 167 Å². The largest absolute Gasteiger partial charge is 0.497 e. The van der Waals surface area contributed by atoms with Crippen molar-refractivity contribution in [2.45, 2.75) is 187 Å². The van der Waals surface area contributed by atoms with Crippen molar-refractivity contribution in [3.8, 4) is 17.2 Å². The van der Waals surface area contributed by atoms with Crippen LogP contribution in [0.3, 0.4) is 0 Å². The van der Waals surface area contributed by atoms with E-state index in [0.717, 1.165) is 36.4 Å². The molecule has 81 heavy (non-hydrogen) atoms. The van der Waals surface area contributed by atoms with Gasteiger partial charge in [-0.15, -0.1) is 0 Å². The fourth-order valence-corrected chi connectivity index (χ4v) is 9.99. The monoisotopic (exact) mass is 1160 g/mol. The summed E-state index contributed by atoms with van der Waals surface area (Å²) in [6, 6.07) is 22.2. The number of halogens is 1. The summed E-state index contributed by atoms with van der Waals surface area (Å²) < 4.78 is 47.6. The van der Waals surface area contributed by atoms with E-state index in [1.54, 1.807) is 61.7 Å². The van der Waals surface area contributed by atoms with E-state index in [9.17, 15) is 32.4 Å². The summed E-state index contributed by atoms with van der Waals surface area (Å²) in [7, 11) is 2.13. The predicted molar refractivity (Wildman–Crippen MR) is 327 cm³/mol. The third kappa shape index (κ3) is 25.9. The molecule has 4 aromatic rings. The molecule has 2 amide bonds. The van der Waals surface area contributed by atoms with E-state index in [-0.39, 0.29) is 38.6 Å². The van der Waals surface area contributed by atoms with Gasteiger partial charge in [-0.3, -0.25) is 19.2 Å². The molecule has 4 rings (SSSR count). The quantitative estimate of drug-likeness (QED) is 0.0187. The van der Waals surface area contributed by atoms with E-state index < -0.39 is 39.6 Å². The molecule has 0 fully saturated rings. The van der Waals surface area contributed by atoms with Gasteiger partial charge >= 0.3 is 5.97 Å². The first kappa shape index (κ1) is 69.5. The Morgan fingerprint density at radius 3 is 1.33 bits per heavy atom. The van der Waals surface area contributed by atoms with Crippen LogP contribution in [-0.4, -0.2) is 83.6 Å². The number of carbonyl (C=O) groups is 5. The molecule has 0 radical (unpaired) electrons. The topological polar surface area (TPSA) is 184 Å². The van der Waals surface area contributed by atoms with Crippen LogP contribution in [0.1, 0.15) is 213 Å². The Morgan fingerprint density at radius 1 is 0.494 bits per heavy atom. The van der Waals surface area contributed by atoms with E-state index >= 15 is 0 Å². The molecule has 0 spiro atoms. The molecule has 2 atom stereocenters. The van der Waals surface area contributed by atoms with Crippen molar-refractivity contribution in [2.75, 3.05) is 52.2 Å². The molecule has 2 unspecified atom stereocenters. The summed E-state index contributed by atoms with van der Waals surface area (Å²) >= 11 is 6.24. The fraction of sp³-hybridized carbons (Fsp3) is 0.554. The highest BCUT2D eigenvalue weighted by atomic mass is 35.5. The van der Waals surface area contributed by atoms with Crippen LogP contribution < -0.4 is 24.8 Å². The highest BCUT2D eigenvalue weighted by molar-refractivity contribution is 7.89. The van der Waals surface area contributed by atoms with Gasteiger partial charge in [0.25, 0.3) is 0 Å². The number of Topliss-reactive ketones (excluding diaryl/α,β-unsaturated/α-hetero) is 2. The van der Waals surface area contributed by atoms with Crippen LogP contribution in [0, 0.1) is 11.8 Å². The first-order chi connectivity index (χ1) is 39.0. The van der Waals surface area contributed by atoms with Crippen LogP contribution in [0.5, 0.6) is 17.2 Å². The van der Waals surface area contributed by atoms with E-state index in [1.807, 2.05) is 0 Å². The van der Waals surface area contributed by atoms with Gasteiger partial charge in [0.1, 0.15) is 17.2 Å². The van der Waals surface area contributed by atoms with Crippen LogP contribution in [-0.2, 0) is 24.3 Å². The van der Waals surface area contributed by atoms with Gasteiger partial charge in [0.05, 0.1) is 66.1 Å². The number of ketones is 2. The Bertz CT molecular complexity index is 2610. The third-order valence-electron chi connectivity index (χ3n) is 14.3. The summed E-state index contributed by atoms with van der Waals surface area (Å²) in [5, 5.41) is 5.62. The summed E-state index contributed by atoms with van der Waals surface area (Å²) in [5.74, 6) is -2.57. The Labute approximate surface area is 490 Å². The number of nitrogens with zero attached hydrogens (tertiary/aromatic N) is 1. The zero-order valence-electron chi connectivity index (χ0n) is 49.8. The van der Waals surface area contributed by atoms with Crippen molar-refractivity contribution in [3.05, 3.63) is 107 Å². The Balaban J connectivity index is 0.000000432. The molecule has 16 heteroatoms. The predicted octanol–water partition coefficient (Wildman–Crippen LogP) is 16.1. The lowest BCUT2D eigenvalue weighted by Gasteiger charge is -2.16. The number of esters is 1. The Hall–Kier alpha value is -5.77. The molecule has 0 heterocycles. The second-order valence-electron chi connectivity index (χ2n) is 21.0. The molecule has 4 aromatic carbocycles. The molecule has 0 saturated heterocycles. The number of unbranched alkanes of at least 4 members (excludes halogenated alkanes) is 22. The number of carbonyl (C=O) groups excluding carboxylic acids is 5. The molecule has 2 N–H and O–H groups in total. The highest BCUT2D eigenvalue weighted by Crippen LogP contribution is 2.30. The third-order valence-corrected chi connectivity index (χ3v) is 16.4. The molecule has 0 aliphatic heterocycles. The van der Waals surface area contributed by atoms with E-state index in [1.165, 1.54) is 187 Å². The summed E-state index contributed by atoms with van der Waals surface area (Å²) in [4.78, 5) is 63.8. The summed E-state index contributed by atoms with van der Waals surface area (Å²) in [6.45, 7) is 8.55. The molecular formula is C65H94ClN3O11S. The summed E-state index contributed by atoms with van der Waals surface area (Å²) in [5.41, 5.74) is 1.65. The smallest absolute Gasteiger partial charge is 0.338 e. The lowest BCUT2D eigenvalue weighted by Crippen LogP contribution is -2.27. The van der Waals surface area contributed by atoms with Crippen molar-refractivity contribution in [2.24, 2.45) is 11.8 Å². The number of sulfonamides is 1. The molecule has 0 aromatic heterocycles. The number of ether oxygens (including phenoxy) is 4. The average Bonchev–Trinajstić information content (AvgIpc) is 3.52. The summed E-state index contributed by atoms with van der Waals surface area (Å²) in [6.07, 6.45) is 30.5. The van der Waals surface area contributed by atoms with E-state index in [2.05, 4.69) is 24.5 Å². The van der Waals surface area contributed by atoms with Crippen LogP contribution in [0.25, 0.3) is 0 Å². The maximum atomic E-state index is 13.0. The van der Waals surface area contributed by atoms with Crippen LogP contribution in [0.15, 0.2) is 89.8 Å². The van der Waals surface area contributed by atoms with Gasteiger partial charge < -0.3 is 29.6 Å². The minimum Gasteiger partial charge on any atom is -0.497 e. The van der Waals surface area contributed by atoms with Crippen LogP contribution >= 0.6 is 11.6 Å². The van der Waals surface area contributed by atoms with Crippen molar-refractivity contribution in [1.82, 2.24) is 4.31 Å². The Kier molecular flexibility index (Phi) is 34.0. The number of hydrogen-bond acceptors (Lipinski definition) is 11. The second kappa shape index (κ2) is 39.6. The number of benzene rings is 4. The van der Waals surface area contributed by atoms with Gasteiger partial charge in [-0.2, -0.15) is 0 Å². The van der Waals surface area contributed by atoms with Crippen molar-refractivity contribution in [1.29, 1.82) is 0 Å². The number of amides is 2. The van der Waals surface area contributed by atoms with Gasteiger partial charge in [-0.25, -0.2) is 17.5 Å². The zero-order valence-corrected chi connectivity index (χ0v) is 51.4. The number of rotatable bonds is 40. The molecule has 448 valence electrons. The van der Waals surface area contributed by atoms with Gasteiger partial charge in [0.2, 0.25) is 21.8 Å². The van der Waals surface area contributed by atoms with E-state index in [0.29, 0.717) is 41.4 Å². The number of nitrogens with one attached hydrogen (secondary N) is 2. The van der Waals surface area contributed by atoms with Crippen molar-refractivity contribution in [3.63, 3.8) is 0 Å². The van der Waals surface area contributed by atoms with Gasteiger partial charge in [-0.05, 0) is 106 Å². The van der Waals surface area contributed by atoms with Gasteiger partial charge in [0.15, 0.2) is 11.6 Å². The average molecular weight is 1160 g/mol. The highest BCUT2D eigenvalue weighted by Gasteiger charge is 2.26. The Morgan fingerprint density at radius 2 is 0.901 bits per heavy atom. The maximum Gasteiger partial charge on any atom is 0.338 e. The molecule has 0 bridgehead atoms.